The smallest absolute Gasteiger partial charge is 0.248 e. The van der Waals surface area contributed by atoms with Crippen LogP contribution in [0.1, 0.15) is 24.3 Å². The summed E-state index contributed by atoms with van der Waals surface area (Å²) in [7, 11) is 0. The first kappa shape index (κ1) is 8.53. The molecule has 1 aromatic heterocycles. The first-order valence-electron chi connectivity index (χ1n) is 5.16. The van der Waals surface area contributed by atoms with Gasteiger partial charge < -0.3 is 10.7 Å². The SMILES string of the molecule is Nc1ccc2[nH]c(=O)cc(C3CC3)c2c1. The minimum Gasteiger partial charge on any atom is -0.399 e. The lowest BCUT2D eigenvalue weighted by Gasteiger charge is -2.05. The lowest BCUT2D eigenvalue weighted by atomic mass is 10.0. The third-order valence-electron chi connectivity index (χ3n) is 2.92. The number of hydrogen-bond donors (Lipinski definition) is 2. The van der Waals surface area contributed by atoms with Gasteiger partial charge in [0.1, 0.15) is 0 Å². The average Bonchev–Trinajstić information content (AvgIpc) is 3.01. The Morgan fingerprint density at radius 3 is 2.80 bits per heavy atom. The van der Waals surface area contributed by atoms with Crippen molar-refractivity contribution < 1.29 is 0 Å². The number of H-pyrrole nitrogens is 1. The number of rotatable bonds is 1. The van der Waals surface area contributed by atoms with Crippen molar-refractivity contribution >= 4 is 16.6 Å². The lowest BCUT2D eigenvalue weighted by molar-refractivity contribution is 1.12. The molecule has 15 heavy (non-hydrogen) atoms. The maximum absolute atomic E-state index is 11.4. The fourth-order valence-electron chi connectivity index (χ4n) is 2.03. The number of hydrogen-bond acceptors (Lipinski definition) is 2. The standard InChI is InChI=1S/C12H12N2O/c13-8-3-4-11-10(5-8)9(7-1-2-7)6-12(15)14-11/h3-7H,1-2,13H2,(H,14,15). The molecule has 1 aliphatic rings. The molecule has 1 aromatic carbocycles. The van der Waals surface area contributed by atoms with Gasteiger partial charge in [0.05, 0.1) is 0 Å². The molecule has 0 aliphatic heterocycles. The van der Waals surface area contributed by atoms with Crippen molar-refractivity contribution in [2.75, 3.05) is 5.73 Å². The number of aromatic nitrogens is 1. The largest absolute Gasteiger partial charge is 0.399 e. The number of pyridine rings is 1. The summed E-state index contributed by atoms with van der Waals surface area (Å²) in [4.78, 5) is 14.3. The van der Waals surface area contributed by atoms with E-state index in [9.17, 15) is 4.79 Å². The molecule has 3 heteroatoms. The van der Waals surface area contributed by atoms with Crippen molar-refractivity contribution in [2.45, 2.75) is 18.8 Å². The van der Waals surface area contributed by atoms with Crippen LogP contribution in [0.25, 0.3) is 10.9 Å². The summed E-state index contributed by atoms with van der Waals surface area (Å²) >= 11 is 0. The van der Waals surface area contributed by atoms with Crippen LogP contribution in [0, 0.1) is 0 Å². The van der Waals surface area contributed by atoms with Gasteiger partial charge in [-0.1, -0.05) is 0 Å². The zero-order chi connectivity index (χ0) is 10.4. The van der Waals surface area contributed by atoms with Crippen molar-refractivity contribution in [3.05, 3.63) is 40.2 Å². The van der Waals surface area contributed by atoms with Crippen LogP contribution in [0.2, 0.25) is 0 Å². The molecule has 0 atom stereocenters. The molecule has 1 heterocycles. The Morgan fingerprint density at radius 1 is 1.27 bits per heavy atom. The molecule has 3 N–H and O–H groups in total. The minimum absolute atomic E-state index is 0.0193. The van der Waals surface area contributed by atoms with Gasteiger partial charge in [0.15, 0.2) is 0 Å². The molecule has 0 radical (unpaired) electrons. The van der Waals surface area contributed by atoms with E-state index in [1.54, 1.807) is 6.07 Å². The van der Waals surface area contributed by atoms with Crippen LogP contribution in [0.3, 0.4) is 0 Å². The number of nitrogens with one attached hydrogen (secondary N) is 1. The Hall–Kier alpha value is -1.77. The van der Waals surface area contributed by atoms with Crippen LogP contribution in [0.5, 0.6) is 0 Å². The van der Waals surface area contributed by atoms with Gasteiger partial charge in [-0.15, -0.1) is 0 Å². The predicted molar refractivity (Wildman–Crippen MR) is 61.0 cm³/mol. The second kappa shape index (κ2) is 2.86. The van der Waals surface area contributed by atoms with Crippen molar-refractivity contribution in [3.8, 4) is 0 Å². The monoisotopic (exact) mass is 200 g/mol. The third kappa shape index (κ3) is 1.40. The van der Waals surface area contributed by atoms with Crippen LogP contribution in [-0.4, -0.2) is 4.98 Å². The van der Waals surface area contributed by atoms with Crippen molar-refractivity contribution in [1.82, 2.24) is 4.98 Å². The van der Waals surface area contributed by atoms with Crippen LogP contribution in [-0.2, 0) is 0 Å². The third-order valence-corrected chi connectivity index (χ3v) is 2.92. The molecule has 3 nitrogen and oxygen atoms in total. The fraction of sp³-hybridized carbons (Fsp3) is 0.250. The van der Waals surface area contributed by atoms with Gasteiger partial charge in [-0.2, -0.15) is 0 Å². The molecule has 1 fully saturated rings. The van der Waals surface area contributed by atoms with E-state index in [2.05, 4.69) is 4.98 Å². The molecule has 0 spiro atoms. The van der Waals surface area contributed by atoms with Gasteiger partial charge in [0, 0.05) is 22.7 Å². The summed E-state index contributed by atoms with van der Waals surface area (Å²) in [5.74, 6) is 0.566. The van der Waals surface area contributed by atoms with Gasteiger partial charge in [-0.25, -0.2) is 0 Å². The highest BCUT2D eigenvalue weighted by molar-refractivity contribution is 5.85. The molecule has 1 saturated carbocycles. The minimum atomic E-state index is -0.0193. The molecular weight excluding hydrogens is 188 g/mol. The maximum atomic E-state index is 11.4. The first-order valence-corrected chi connectivity index (χ1v) is 5.16. The van der Waals surface area contributed by atoms with E-state index in [0.717, 1.165) is 22.2 Å². The molecule has 76 valence electrons. The fourth-order valence-corrected chi connectivity index (χ4v) is 2.03. The second-order valence-electron chi connectivity index (χ2n) is 4.17. The van der Waals surface area contributed by atoms with E-state index in [0.29, 0.717) is 5.92 Å². The van der Waals surface area contributed by atoms with E-state index in [4.69, 9.17) is 5.73 Å². The van der Waals surface area contributed by atoms with E-state index in [-0.39, 0.29) is 5.56 Å². The number of fused-ring (bicyclic) bond motifs is 1. The second-order valence-corrected chi connectivity index (χ2v) is 4.17. The Morgan fingerprint density at radius 2 is 2.07 bits per heavy atom. The molecule has 0 bridgehead atoms. The van der Waals surface area contributed by atoms with Gasteiger partial charge in [-0.3, -0.25) is 4.79 Å². The van der Waals surface area contributed by atoms with Gasteiger partial charge in [0.25, 0.3) is 0 Å². The van der Waals surface area contributed by atoms with Crippen LogP contribution < -0.4 is 11.3 Å². The Bertz CT molecular complexity index is 582. The summed E-state index contributed by atoms with van der Waals surface area (Å²) in [5.41, 5.74) is 8.53. The summed E-state index contributed by atoms with van der Waals surface area (Å²) in [6, 6.07) is 7.34. The molecular formula is C12H12N2O. The maximum Gasteiger partial charge on any atom is 0.248 e. The highest BCUT2D eigenvalue weighted by Gasteiger charge is 2.25. The van der Waals surface area contributed by atoms with Crippen LogP contribution in [0.15, 0.2) is 29.1 Å². The van der Waals surface area contributed by atoms with E-state index in [1.165, 1.54) is 12.8 Å². The lowest BCUT2D eigenvalue weighted by Crippen LogP contribution is -2.06. The summed E-state index contributed by atoms with van der Waals surface area (Å²) in [5, 5.41) is 1.09. The van der Waals surface area contributed by atoms with Crippen LogP contribution >= 0.6 is 0 Å². The topological polar surface area (TPSA) is 58.9 Å². The number of nitrogen functional groups attached to an aromatic ring is 1. The molecule has 1 aliphatic carbocycles. The van der Waals surface area contributed by atoms with Gasteiger partial charge in [0.2, 0.25) is 5.56 Å². The summed E-state index contributed by atoms with van der Waals surface area (Å²) in [6.45, 7) is 0. The number of aromatic amines is 1. The normalized spacial score (nSPS) is 15.7. The van der Waals surface area contributed by atoms with Gasteiger partial charge in [-0.05, 0) is 42.5 Å². The highest BCUT2D eigenvalue weighted by atomic mass is 16.1. The van der Waals surface area contributed by atoms with E-state index >= 15 is 0 Å². The number of nitrogens with two attached hydrogens (primary N) is 1. The number of benzene rings is 1. The van der Waals surface area contributed by atoms with Crippen molar-refractivity contribution in [3.63, 3.8) is 0 Å². The molecule has 3 rings (SSSR count). The molecule has 0 amide bonds. The highest BCUT2D eigenvalue weighted by Crippen LogP contribution is 2.42. The number of anilines is 1. The predicted octanol–water partition coefficient (Wildman–Crippen LogP) is 1.99. The van der Waals surface area contributed by atoms with Crippen LogP contribution in [0.4, 0.5) is 5.69 Å². The molecule has 2 aromatic rings. The first-order chi connectivity index (χ1) is 7.24. The zero-order valence-corrected chi connectivity index (χ0v) is 8.29. The molecule has 0 unspecified atom stereocenters. The quantitative estimate of drug-likeness (QED) is 0.691. The summed E-state index contributed by atoms with van der Waals surface area (Å²) in [6.07, 6.45) is 2.38. The molecule has 0 saturated heterocycles. The van der Waals surface area contributed by atoms with Crippen molar-refractivity contribution in [1.29, 1.82) is 0 Å². The zero-order valence-electron chi connectivity index (χ0n) is 8.29. The van der Waals surface area contributed by atoms with Gasteiger partial charge >= 0.3 is 0 Å². The van der Waals surface area contributed by atoms with Crippen molar-refractivity contribution in [2.24, 2.45) is 0 Å². The Kier molecular flexibility index (Phi) is 1.63. The average molecular weight is 200 g/mol. The van der Waals surface area contributed by atoms with E-state index < -0.39 is 0 Å². The Labute approximate surface area is 86.9 Å². The van der Waals surface area contributed by atoms with E-state index in [1.807, 2.05) is 18.2 Å². The Balaban J connectivity index is 2.39. The summed E-state index contributed by atoms with van der Waals surface area (Å²) < 4.78 is 0.